The van der Waals surface area contributed by atoms with Crippen LogP contribution in [0.4, 0.5) is 0 Å². The number of nitrogens with zero attached hydrogens (tertiary/aromatic N) is 2. The lowest BCUT2D eigenvalue weighted by Crippen LogP contribution is -2.43. The standard InChI is InChI=1S/C15H26N4O2/c1-3-12-8-14(18-17-12)15(21)16-9-13(20)10-19-6-4-11(2)5-7-19/h8,11,13,20H,3-7,9-10H2,1-2H3,(H,16,21)(H,17,18). The van der Waals surface area contributed by atoms with Gasteiger partial charge in [-0.2, -0.15) is 5.10 Å². The van der Waals surface area contributed by atoms with Crippen LogP contribution < -0.4 is 5.32 Å². The minimum Gasteiger partial charge on any atom is -0.390 e. The highest BCUT2D eigenvalue weighted by molar-refractivity contribution is 5.92. The number of aliphatic hydroxyl groups excluding tert-OH is 1. The van der Waals surface area contributed by atoms with Gasteiger partial charge in [0.05, 0.1) is 6.10 Å². The molecule has 1 unspecified atom stereocenters. The number of likely N-dealkylation sites (tertiary alicyclic amines) is 1. The summed E-state index contributed by atoms with van der Waals surface area (Å²) < 4.78 is 0. The molecule has 0 aromatic carbocycles. The van der Waals surface area contributed by atoms with E-state index in [1.807, 2.05) is 6.92 Å². The highest BCUT2D eigenvalue weighted by atomic mass is 16.3. The van der Waals surface area contributed by atoms with Crippen molar-refractivity contribution in [3.05, 3.63) is 17.5 Å². The van der Waals surface area contributed by atoms with Crippen molar-refractivity contribution in [2.45, 2.75) is 39.2 Å². The van der Waals surface area contributed by atoms with Crippen molar-refractivity contribution >= 4 is 5.91 Å². The third kappa shape index (κ3) is 4.82. The summed E-state index contributed by atoms with van der Waals surface area (Å²) in [6, 6.07) is 1.74. The minimum atomic E-state index is -0.535. The van der Waals surface area contributed by atoms with Crippen LogP contribution in [0.15, 0.2) is 6.07 Å². The van der Waals surface area contributed by atoms with Gasteiger partial charge in [0.15, 0.2) is 0 Å². The molecule has 6 nitrogen and oxygen atoms in total. The lowest BCUT2D eigenvalue weighted by molar-refractivity contribution is 0.0792. The number of hydrogen-bond donors (Lipinski definition) is 3. The molecule has 0 radical (unpaired) electrons. The third-order valence-electron chi connectivity index (χ3n) is 4.09. The van der Waals surface area contributed by atoms with Gasteiger partial charge in [-0.3, -0.25) is 9.89 Å². The molecule has 1 aromatic heterocycles. The molecule has 0 bridgehead atoms. The number of aromatic amines is 1. The topological polar surface area (TPSA) is 81.2 Å². The number of hydrogen-bond acceptors (Lipinski definition) is 4. The maximum Gasteiger partial charge on any atom is 0.271 e. The summed E-state index contributed by atoms with van der Waals surface area (Å²) in [6.07, 6.45) is 2.65. The van der Waals surface area contributed by atoms with Crippen LogP contribution in [0.3, 0.4) is 0 Å². The Balaban J connectivity index is 1.70. The molecule has 1 atom stereocenters. The van der Waals surface area contributed by atoms with Gasteiger partial charge in [-0.15, -0.1) is 0 Å². The van der Waals surface area contributed by atoms with Gasteiger partial charge < -0.3 is 15.3 Å². The molecule has 21 heavy (non-hydrogen) atoms. The lowest BCUT2D eigenvalue weighted by atomic mass is 9.99. The largest absolute Gasteiger partial charge is 0.390 e. The molecule has 118 valence electrons. The van der Waals surface area contributed by atoms with E-state index in [1.54, 1.807) is 6.07 Å². The molecule has 3 N–H and O–H groups in total. The Bertz CT molecular complexity index is 452. The van der Waals surface area contributed by atoms with Crippen LogP contribution in [0, 0.1) is 5.92 Å². The molecule has 1 aliphatic rings. The molecular weight excluding hydrogens is 268 g/mol. The molecule has 0 aliphatic carbocycles. The second-order valence-corrected chi connectivity index (χ2v) is 5.98. The van der Waals surface area contributed by atoms with Crippen LogP contribution in [-0.4, -0.2) is 58.4 Å². The Labute approximate surface area is 125 Å². The Morgan fingerprint density at radius 3 is 2.90 bits per heavy atom. The zero-order valence-electron chi connectivity index (χ0n) is 12.9. The monoisotopic (exact) mass is 294 g/mol. The van der Waals surface area contributed by atoms with E-state index in [0.29, 0.717) is 12.2 Å². The van der Waals surface area contributed by atoms with Gasteiger partial charge in [0.1, 0.15) is 5.69 Å². The number of amides is 1. The molecule has 2 rings (SSSR count). The fraction of sp³-hybridized carbons (Fsp3) is 0.733. The highest BCUT2D eigenvalue weighted by Gasteiger charge is 2.19. The van der Waals surface area contributed by atoms with Crippen molar-refractivity contribution in [3.63, 3.8) is 0 Å². The van der Waals surface area contributed by atoms with Gasteiger partial charge in [-0.25, -0.2) is 0 Å². The number of piperidine rings is 1. The average molecular weight is 294 g/mol. The van der Waals surface area contributed by atoms with E-state index in [4.69, 9.17) is 0 Å². The molecular formula is C15H26N4O2. The summed E-state index contributed by atoms with van der Waals surface area (Å²) >= 11 is 0. The summed E-state index contributed by atoms with van der Waals surface area (Å²) in [5.74, 6) is 0.544. The van der Waals surface area contributed by atoms with E-state index in [1.165, 1.54) is 12.8 Å². The fourth-order valence-electron chi connectivity index (χ4n) is 2.57. The van der Waals surface area contributed by atoms with Gasteiger partial charge in [0.25, 0.3) is 5.91 Å². The van der Waals surface area contributed by atoms with Crippen LogP contribution in [-0.2, 0) is 6.42 Å². The number of aromatic nitrogens is 2. The predicted molar refractivity (Wildman–Crippen MR) is 81.1 cm³/mol. The zero-order chi connectivity index (χ0) is 15.2. The smallest absolute Gasteiger partial charge is 0.271 e. The second-order valence-electron chi connectivity index (χ2n) is 5.98. The number of carbonyl (C=O) groups is 1. The van der Waals surface area contributed by atoms with E-state index in [-0.39, 0.29) is 12.5 Å². The first-order valence-corrected chi connectivity index (χ1v) is 7.81. The van der Waals surface area contributed by atoms with E-state index < -0.39 is 6.10 Å². The molecule has 1 fully saturated rings. The maximum atomic E-state index is 11.9. The van der Waals surface area contributed by atoms with E-state index >= 15 is 0 Å². The van der Waals surface area contributed by atoms with Crippen molar-refractivity contribution in [3.8, 4) is 0 Å². The van der Waals surface area contributed by atoms with E-state index in [9.17, 15) is 9.90 Å². The predicted octanol–water partition coefficient (Wildman–Crippen LogP) is 0.795. The number of nitrogens with one attached hydrogen (secondary N) is 2. The van der Waals surface area contributed by atoms with Crippen LogP contribution >= 0.6 is 0 Å². The first kappa shape index (κ1) is 16.0. The number of β-amino-alcohol motifs (C(OH)–C–C–N with tert-alkyl or cyclic N) is 1. The van der Waals surface area contributed by atoms with E-state index in [0.717, 1.165) is 31.1 Å². The minimum absolute atomic E-state index is 0.239. The van der Waals surface area contributed by atoms with Crippen LogP contribution in [0.25, 0.3) is 0 Å². The van der Waals surface area contributed by atoms with Crippen molar-refractivity contribution in [2.24, 2.45) is 5.92 Å². The lowest BCUT2D eigenvalue weighted by Gasteiger charge is -2.31. The Morgan fingerprint density at radius 1 is 1.57 bits per heavy atom. The quantitative estimate of drug-likeness (QED) is 0.725. The molecule has 1 amide bonds. The first-order valence-electron chi connectivity index (χ1n) is 7.81. The Morgan fingerprint density at radius 2 is 2.29 bits per heavy atom. The summed E-state index contributed by atoms with van der Waals surface area (Å²) in [6.45, 7) is 7.21. The molecule has 1 aliphatic heterocycles. The number of aliphatic hydroxyl groups is 1. The summed E-state index contributed by atoms with van der Waals surface area (Å²) in [5, 5.41) is 19.5. The number of carbonyl (C=O) groups excluding carboxylic acids is 1. The van der Waals surface area contributed by atoms with Gasteiger partial charge in [-0.1, -0.05) is 13.8 Å². The molecule has 6 heteroatoms. The maximum absolute atomic E-state index is 11.9. The summed E-state index contributed by atoms with van der Waals surface area (Å²) in [7, 11) is 0. The van der Waals surface area contributed by atoms with Crippen molar-refractivity contribution in [1.82, 2.24) is 20.4 Å². The Hall–Kier alpha value is -1.40. The van der Waals surface area contributed by atoms with Gasteiger partial charge in [-0.05, 0) is 44.3 Å². The number of aryl methyl sites for hydroxylation is 1. The zero-order valence-corrected chi connectivity index (χ0v) is 12.9. The molecule has 1 aromatic rings. The van der Waals surface area contributed by atoms with Crippen molar-refractivity contribution in [1.29, 1.82) is 0 Å². The summed E-state index contributed by atoms with van der Waals surface area (Å²) in [5.41, 5.74) is 1.31. The molecule has 0 saturated carbocycles. The Kier molecular flexibility index (Phi) is 5.76. The van der Waals surface area contributed by atoms with Gasteiger partial charge >= 0.3 is 0 Å². The molecule has 2 heterocycles. The van der Waals surface area contributed by atoms with Crippen LogP contribution in [0.1, 0.15) is 42.9 Å². The van der Waals surface area contributed by atoms with E-state index in [2.05, 4.69) is 27.3 Å². The average Bonchev–Trinajstić information content (AvgIpc) is 2.96. The normalized spacial score (nSPS) is 18.6. The van der Waals surface area contributed by atoms with Gasteiger partial charge in [0.2, 0.25) is 0 Å². The third-order valence-corrected chi connectivity index (χ3v) is 4.09. The van der Waals surface area contributed by atoms with Crippen molar-refractivity contribution < 1.29 is 9.90 Å². The first-order chi connectivity index (χ1) is 10.1. The van der Waals surface area contributed by atoms with Crippen LogP contribution in [0.2, 0.25) is 0 Å². The van der Waals surface area contributed by atoms with Crippen molar-refractivity contribution in [2.75, 3.05) is 26.2 Å². The van der Waals surface area contributed by atoms with Gasteiger partial charge in [0, 0.05) is 18.8 Å². The SMILES string of the molecule is CCc1cc(C(=O)NCC(O)CN2CCC(C)CC2)n[nH]1. The van der Waals surface area contributed by atoms with Crippen LogP contribution in [0.5, 0.6) is 0 Å². The number of H-pyrrole nitrogens is 1. The summed E-state index contributed by atoms with van der Waals surface area (Å²) in [4.78, 5) is 14.2. The molecule has 1 saturated heterocycles. The highest BCUT2D eigenvalue weighted by Crippen LogP contribution is 2.15. The number of rotatable bonds is 6. The molecule has 0 spiro atoms. The second kappa shape index (κ2) is 7.56. The fourth-order valence-corrected chi connectivity index (χ4v) is 2.57.